The summed E-state index contributed by atoms with van der Waals surface area (Å²) in [4.78, 5) is 2.10. The van der Waals surface area contributed by atoms with E-state index in [1.54, 1.807) is 4.31 Å². The SMILES string of the molecule is CN1CCN(S(=O)(=O)CCCc2ccccc2)c2ccccc21. The van der Waals surface area contributed by atoms with Gasteiger partial charge in [-0.1, -0.05) is 42.5 Å². The Hall–Kier alpha value is -2.01. The summed E-state index contributed by atoms with van der Waals surface area (Å²) < 4.78 is 27.1. The van der Waals surface area contributed by atoms with Crippen molar-refractivity contribution in [1.82, 2.24) is 0 Å². The minimum absolute atomic E-state index is 0.180. The molecule has 0 aromatic heterocycles. The molecule has 0 aliphatic carbocycles. The summed E-state index contributed by atoms with van der Waals surface area (Å²) in [6, 6.07) is 17.7. The Bertz CT molecular complexity index is 760. The molecular weight excluding hydrogens is 308 g/mol. The zero-order valence-electron chi connectivity index (χ0n) is 13.4. The molecule has 122 valence electrons. The summed E-state index contributed by atoms with van der Waals surface area (Å²) in [5.74, 6) is 0.180. The van der Waals surface area contributed by atoms with E-state index in [-0.39, 0.29) is 5.75 Å². The fourth-order valence-corrected chi connectivity index (χ4v) is 4.53. The topological polar surface area (TPSA) is 40.6 Å². The molecule has 0 spiro atoms. The Morgan fingerprint density at radius 1 is 0.913 bits per heavy atom. The maximum Gasteiger partial charge on any atom is 0.235 e. The highest BCUT2D eigenvalue weighted by Gasteiger charge is 2.28. The van der Waals surface area contributed by atoms with E-state index in [1.807, 2.05) is 61.6 Å². The molecule has 2 aromatic rings. The average molecular weight is 330 g/mol. The number of hydrogen-bond acceptors (Lipinski definition) is 3. The molecule has 0 N–H and O–H groups in total. The molecule has 4 nitrogen and oxygen atoms in total. The van der Waals surface area contributed by atoms with Gasteiger partial charge in [-0.25, -0.2) is 8.42 Å². The Morgan fingerprint density at radius 2 is 1.57 bits per heavy atom. The van der Waals surface area contributed by atoms with Gasteiger partial charge in [-0.05, 0) is 30.5 Å². The number of likely N-dealkylation sites (N-methyl/N-ethyl adjacent to an activating group) is 1. The lowest BCUT2D eigenvalue weighted by molar-refractivity contribution is 0.586. The monoisotopic (exact) mass is 330 g/mol. The number of hydrogen-bond donors (Lipinski definition) is 0. The van der Waals surface area contributed by atoms with Crippen LogP contribution in [0.1, 0.15) is 12.0 Å². The Balaban J connectivity index is 1.72. The lowest BCUT2D eigenvalue weighted by atomic mass is 10.1. The zero-order valence-corrected chi connectivity index (χ0v) is 14.2. The summed E-state index contributed by atoms with van der Waals surface area (Å²) in [5, 5.41) is 0. The fraction of sp³-hybridized carbons (Fsp3) is 0.333. The second kappa shape index (κ2) is 6.62. The minimum Gasteiger partial charge on any atom is -0.371 e. The van der Waals surface area contributed by atoms with E-state index in [1.165, 1.54) is 5.56 Å². The van der Waals surface area contributed by atoms with Crippen LogP contribution < -0.4 is 9.21 Å². The first-order chi connectivity index (χ1) is 11.1. The zero-order chi connectivity index (χ0) is 16.3. The third kappa shape index (κ3) is 3.50. The van der Waals surface area contributed by atoms with Crippen molar-refractivity contribution in [3.63, 3.8) is 0 Å². The van der Waals surface area contributed by atoms with Crippen molar-refractivity contribution in [3.05, 3.63) is 60.2 Å². The van der Waals surface area contributed by atoms with Gasteiger partial charge >= 0.3 is 0 Å². The minimum atomic E-state index is -3.28. The Morgan fingerprint density at radius 3 is 2.30 bits per heavy atom. The van der Waals surface area contributed by atoms with Gasteiger partial charge in [-0.3, -0.25) is 4.31 Å². The first-order valence-corrected chi connectivity index (χ1v) is 9.53. The second-order valence-corrected chi connectivity index (χ2v) is 7.90. The Kier molecular flexibility index (Phi) is 4.57. The van der Waals surface area contributed by atoms with Crippen LogP contribution in [0.4, 0.5) is 11.4 Å². The molecule has 0 radical (unpaired) electrons. The van der Waals surface area contributed by atoms with Crippen molar-refractivity contribution in [2.45, 2.75) is 12.8 Å². The van der Waals surface area contributed by atoms with Crippen molar-refractivity contribution in [3.8, 4) is 0 Å². The number of anilines is 2. The molecule has 3 rings (SSSR count). The first kappa shape index (κ1) is 15.9. The molecular formula is C18H22N2O2S. The smallest absolute Gasteiger partial charge is 0.235 e. The van der Waals surface area contributed by atoms with Gasteiger partial charge in [0, 0.05) is 13.6 Å². The van der Waals surface area contributed by atoms with Crippen LogP contribution in [-0.4, -0.2) is 34.3 Å². The predicted octanol–water partition coefficient (Wildman–Crippen LogP) is 2.91. The molecule has 23 heavy (non-hydrogen) atoms. The third-order valence-electron chi connectivity index (χ3n) is 4.25. The molecule has 0 saturated carbocycles. The highest BCUT2D eigenvalue weighted by molar-refractivity contribution is 7.92. The number of sulfonamides is 1. The first-order valence-electron chi connectivity index (χ1n) is 7.92. The maximum absolute atomic E-state index is 12.8. The van der Waals surface area contributed by atoms with Crippen LogP contribution in [0.5, 0.6) is 0 Å². The number of aryl methyl sites for hydroxylation is 1. The predicted molar refractivity (Wildman–Crippen MR) is 95.6 cm³/mol. The van der Waals surface area contributed by atoms with Crippen LogP contribution in [0.25, 0.3) is 0 Å². The van der Waals surface area contributed by atoms with Crippen molar-refractivity contribution >= 4 is 21.4 Å². The van der Waals surface area contributed by atoms with Crippen LogP contribution in [0, 0.1) is 0 Å². The van der Waals surface area contributed by atoms with Gasteiger partial charge in [0.15, 0.2) is 0 Å². The van der Waals surface area contributed by atoms with Gasteiger partial charge in [0.05, 0.1) is 23.7 Å². The second-order valence-electron chi connectivity index (χ2n) is 5.89. The molecule has 0 fully saturated rings. The molecule has 0 atom stereocenters. The Labute approximate surface area is 138 Å². The molecule has 0 amide bonds. The molecule has 1 aliphatic heterocycles. The van der Waals surface area contributed by atoms with Gasteiger partial charge in [0.1, 0.15) is 0 Å². The van der Waals surface area contributed by atoms with Crippen LogP contribution >= 0.6 is 0 Å². The summed E-state index contributed by atoms with van der Waals surface area (Å²) in [7, 11) is -1.29. The summed E-state index contributed by atoms with van der Waals surface area (Å²) in [5.41, 5.74) is 2.95. The van der Waals surface area contributed by atoms with Crippen molar-refractivity contribution in [2.24, 2.45) is 0 Å². The molecule has 5 heteroatoms. The largest absolute Gasteiger partial charge is 0.371 e. The van der Waals surface area contributed by atoms with Crippen molar-refractivity contribution in [1.29, 1.82) is 0 Å². The van der Waals surface area contributed by atoms with E-state index < -0.39 is 10.0 Å². The number of rotatable bonds is 5. The molecule has 2 aromatic carbocycles. The van der Waals surface area contributed by atoms with Crippen LogP contribution in [0.15, 0.2) is 54.6 Å². The summed E-state index contributed by atoms with van der Waals surface area (Å²) in [6.07, 6.45) is 1.43. The number of para-hydroxylation sites is 2. The standard InChI is InChI=1S/C18H22N2O2S/c1-19-13-14-20(18-12-6-5-11-17(18)19)23(21,22)15-7-10-16-8-3-2-4-9-16/h2-6,8-9,11-12H,7,10,13-15H2,1H3. The highest BCUT2D eigenvalue weighted by Crippen LogP contribution is 2.33. The normalized spacial score (nSPS) is 14.7. The average Bonchev–Trinajstić information content (AvgIpc) is 2.56. The van der Waals surface area contributed by atoms with Crippen LogP contribution in [0.3, 0.4) is 0 Å². The number of nitrogens with zero attached hydrogens (tertiary/aromatic N) is 2. The van der Waals surface area contributed by atoms with Gasteiger partial charge in [-0.2, -0.15) is 0 Å². The van der Waals surface area contributed by atoms with E-state index in [4.69, 9.17) is 0 Å². The number of fused-ring (bicyclic) bond motifs is 1. The summed E-state index contributed by atoms with van der Waals surface area (Å²) in [6.45, 7) is 1.23. The third-order valence-corrected chi connectivity index (χ3v) is 6.10. The van der Waals surface area contributed by atoms with Crippen molar-refractivity contribution in [2.75, 3.05) is 35.1 Å². The van der Waals surface area contributed by atoms with Gasteiger partial charge < -0.3 is 4.90 Å². The van der Waals surface area contributed by atoms with E-state index in [0.29, 0.717) is 13.0 Å². The van der Waals surface area contributed by atoms with E-state index >= 15 is 0 Å². The van der Waals surface area contributed by atoms with E-state index in [2.05, 4.69) is 4.90 Å². The lowest BCUT2D eigenvalue weighted by Gasteiger charge is -2.36. The van der Waals surface area contributed by atoms with E-state index in [9.17, 15) is 8.42 Å². The van der Waals surface area contributed by atoms with Crippen molar-refractivity contribution < 1.29 is 8.42 Å². The van der Waals surface area contributed by atoms with Crippen LogP contribution in [-0.2, 0) is 16.4 Å². The fourth-order valence-electron chi connectivity index (χ4n) is 2.98. The van der Waals surface area contributed by atoms with E-state index in [0.717, 1.165) is 24.3 Å². The number of benzene rings is 2. The quantitative estimate of drug-likeness (QED) is 0.846. The molecule has 0 saturated heterocycles. The molecule has 1 heterocycles. The summed E-state index contributed by atoms with van der Waals surface area (Å²) >= 11 is 0. The molecule has 0 unspecified atom stereocenters. The molecule has 1 aliphatic rings. The van der Waals surface area contributed by atoms with Gasteiger partial charge in [0.25, 0.3) is 0 Å². The maximum atomic E-state index is 12.8. The lowest BCUT2D eigenvalue weighted by Crippen LogP contribution is -2.43. The van der Waals surface area contributed by atoms with Gasteiger partial charge in [-0.15, -0.1) is 0 Å². The van der Waals surface area contributed by atoms with Gasteiger partial charge in [0.2, 0.25) is 10.0 Å². The highest BCUT2D eigenvalue weighted by atomic mass is 32.2. The molecule has 0 bridgehead atoms. The van der Waals surface area contributed by atoms with Crippen LogP contribution in [0.2, 0.25) is 0 Å².